The summed E-state index contributed by atoms with van der Waals surface area (Å²) >= 11 is 1.82. The summed E-state index contributed by atoms with van der Waals surface area (Å²) in [6, 6.07) is 0. The number of rotatable bonds is 3. The van der Waals surface area contributed by atoms with E-state index in [1.54, 1.807) is 0 Å². The van der Waals surface area contributed by atoms with Crippen molar-refractivity contribution in [3.63, 3.8) is 0 Å². The lowest BCUT2D eigenvalue weighted by Gasteiger charge is -2.26. The number of nitrogens with zero attached hydrogens (tertiary/aromatic N) is 1. The fourth-order valence-electron chi connectivity index (χ4n) is 1.76. The van der Waals surface area contributed by atoms with Gasteiger partial charge in [0.15, 0.2) is 4.05 Å². The van der Waals surface area contributed by atoms with Gasteiger partial charge in [-0.2, -0.15) is 0 Å². The van der Waals surface area contributed by atoms with E-state index in [-0.39, 0.29) is 11.8 Å². The van der Waals surface area contributed by atoms with Gasteiger partial charge in [-0.25, -0.2) is 0 Å². The zero-order valence-electron chi connectivity index (χ0n) is 8.89. The lowest BCUT2D eigenvalue weighted by molar-refractivity contribution is -0.133. The van der Waals surface area contributed by atoms with Crippen molar-refractivity contribution in [3.8, 4) is 0 Å². The van der Waals surface area contributed by atoms with Gasteiger partial charge in [-0.3, -0.25) is 9.59 Å². The number of alkyl halides is 1. The second-order valence-electron chi connectivity index (χ2n) is 3.72. The zero-order valence-corrected chi connectivity index (χ0v) is 11.0. The molecule has 0 bridgehead atoms. The van der Waals surface area contributed by atoms with Gasteiger partial charge in [0.1, 0.15) is 0 Å². The SMILES string of the molecule is CC(=O)NC(I)C(=O)N1CCCC1B(O)O. The highest BCUT2D eigenvalue weighted by Gasteiger charge is 2.38. The monoisotopic (exact) mass is 340 g/mol. The normalized spacial score (nSPS) is 21.8. The molecule has 0 aliphatic carbocycles. The molecule has 2 amide bonds. The van der Waals surface area contributed by atoms with E-state index in [9.17, 15) is 9.59 Å². The maximum Gasteiger partial charge on any atom is 0.475 e. The Morgan fingerprint density at radius 1 is 1.56 bits per heavy atom. The second-order valence-corrected chi connectivity index (χ2v) is 4.96. The molecule has 1 saturated heterocycles. The third-order valence-electron chi connectivity index (χ3n) is 2.47. The lowest BCUT2D eigenvalue weighted by atomic mass is 9.78. The highest BCUT2D eigenvalue weighted by molar-refractivity contribution is 14.1. The molecule has 8 heteroatoms. The first-order chi connectivity index (χ1) is 7.43. The molecule has 0 aromatic rings. The number of halogens is 1. The van der Waals surface area contributed by atoms with Gasteiger partial charge >= 0.3 is 7.12 Å². The van der Waals surface area contributed by atoms with Gasteiger partial charge in [0.2, 0.25) is 5.91 Å². The summed E-state index contributed by atoms with van der Waals surface area (Å²) in [4.78, 5) is 24.1. The molecule has 90 valence electrons. The smallest absolute Gasteiger partial charge is 0.426 e. The van der Waals surface area contributed by atoms with Crippen LogP contribution in [-0.4, -0.2) is 50.4 Å². The van der Waals surface area contributed by atoms with E-state index < -0.39 is 17.1 Å². The molecule has 0 radical (unpaired) electrons. The topological polar surface area (TPSA) is 89.9 Å². The predicted octanol–water partition coefficient (Wildman–Crippen LogP) is -1.11. The first-order valence-electron chi connectivity index (χ1n) is 5.01. The van der Waals surface area contributed by atoms with Crippen LogP contribution in [0.5, 0.6) is 0 Å². The number of amides is 2. The molecular formula is C8H14BIN2O4. The van der Waals surface area contributed by atoms with Crippen molar-refractivity contribution >= 4 is 41.5 Å². The standard InChI is InChI=1S/C8H14BIN2O4/c1-5(13)11-7(10)8(14)12-4-2-3-6(12)9(15)16/h6-7,15-16H,2-4H2,1H3,(H,11,13). The van der Waals surface area contributed by atoms with Crippen molar-refractivity contribution in [2.24, 2.45) is 0 Å². The summed E-state index contributed by atoms with van der Waals surface area (Å²) < 4.78 is -0.658. The Labute approximate surface area is 108 Å². The fourth-order valence-corrected chi connectivity index (χ4v) is 2.56. The van der Waals surface area contributed by atoms with Gasteiger partial charge in [0.05, 0.1) is 5.94 Å². The fraction of sp³-hybridized carbons (Fsp3) is 0.750. The maximum absolute atomic E-state index is 11.9. The Morgan fingerprint density at radius 3 is 2.69 bits per heavy atom. The molecule has 16 heavy (non-hydrogen) atoms. The van der Waals surface area contributed by atoms with Crippen molar-refractivity contribution in [2.45, 2.75) is 29.8 Å². The van der Waals surface area contributed by atoms with E-state index in [1.807, 2.05) is 22.6 Å². The summed E-state index contributed by atoms with van der Waals surface area (Å²) in [5.74, 6) is -1.13. The highest BCUT2D eigenvalue weighted by Crippen LogP contribution is 2.20. The number of carbonyl (C=O) groups excluding carboxylic acids is 2. The van der Waals surface area contributed by atoms with Gasteiger partial charge < -0.3 is 20.3 Å². The third-order valence-corrected chi connectivity index (χ3v) is 3.32. The number of hydrogen-bond acceptors (Lipinski definition) is 4. The maximum atomic E-state index is 11.9. The molecule has 2 unspecified atom stereocenters. The van der Waals surface area contributed by atoms with Crippen LogP contribution in [0.1, 0.15) is 19.8 Å². The Balaban J connectivity index is 2.62. The Kier molecular flexibility index (Phi) is 5.00. The first-order valence-corrected chi connectivity index (χ1v) is 6.26. The van der Waals surface area contributed by atoms with Crippen LogP contribution in [0.3, 0.4) is 0 Å². The summed E-state index contributed by atoms with van der Waals surface area (Å²) in [5, 5.41) is 20.7. The second kappa shape index (κ2) is 5.83. The Bertz CT molecular complexity index is 289. The minimum atomic E-state index is -1.52. The zero-order chi connectivity index (χ0) is 12.3. The average Bonchev–Trinajstić information content (AvgIpc) is 2.63. The minimum Gasteiger partial charge on any atom is -0.426 e. The van der Waals surface area contributed by atoms with E-state index >= 15 is 0 Å². The van der Waals surface area contributed by atoms with Crippen LogP contribution in [0.4, 0.5) is 0 Å². The minimum absolute atomic E-state index is 0.284. The van der Waals surface area contributed by atoms with Gasteiger partial charge in [-0.1, -0.05) is 0 Å². The summed E-state index contributed by atoms with van der Waals surface area (Å²) in [7, 11) is -1.52. The molecular weight excluding hydrogens is 326 g/mol. The van der Waals surface area contributed by atoms with Crippen LogP contribution in [0, 0.1) is 0 Å². The van der Waals surface area contributed by atoms with Crippen LogP contribution in [0.25, 0.3) is 0 Å². The van der Waals surface area contributed by atoms with E-state index in [2.05, 4.69) is 5.32 Å². The molecule has 1 aliphatic heterocycles. The summed E-state index contributed by atoms with van der Waals surface area (Å²) in [5.41, 5.74) is 0. The van der Waals surface area contributed by atoms with Crippen LogP contribution in [0.2, 0.25) is 0 Å². The summed E-state index contributed by atoms with van der Waals surface area (Å²) in [6.07, 6.45) is 1.32. The molecule has 1 fully saturated rings. The molecule has 1 rings (SSSR count). The molecule has 2 atom stereocenters. The molecule has 0 aromatic carbocycles. The van der Waals surface area contributed by atoms with E-state index in [0.29, 0.717) is 13.0 Å². The molecule has 1 heterocycles. The van der Waals surface area contributed by atoms with Crippen molar-refractivity contribution in [2.75, 3.05) is 6.54 Å². The number of nitrogens with one attached hydrogen (secondary N) is 1. The van der Waals surface area contributed by atoms with Gasteiger partial charge in [-0.15, -0.1) is 0 Å². The molecule has 0 aromatic heterocycles. The van der Waals surface area contributed by atoms with E-state index in [1.165, 1.54) is 11.8 Å². The lowest BCUT2D eigenvalue weighted by Crippen LogP contribution is -2.51. The van der Waals surface area contributed by atoms with Gasteiger partial charge in [-0.05, 0) is 35.4 Å². The Hall–Kier alpha value is -0.345. The largest absolute Gasteiger partial charge is 0.475 e. The van der Waals surface area contributed by atoms with Crippen molar-refractivity contribution < 1.29 is 19.6 Å². The number of carbonyl (C=O) groups is 2. The molecule has 0 saturated carbocycles. The van der Waals surface area contributed by atoms with Crippen LogP contribution >= 0.6 is 22.6 Å². The van der Waals surface area contributed by atoms with Crippen LogP contribution < -0.4 is 5.32 Å². The van der Waals surface area contributed by atoms with Crippen LogP contribution in [0.15, 0.2) is 0 Å². The van der Waals surface area contributed by atoms with Crippen molar-refractivity contribution in [1.29, 1.82) is 0 Å². The summed E-state index contributed by atoms with van der Waals surface area (Å²) in [6.45, 7) is 1.83. The average molecular weight is 340 g/mol. The van der Waals surface area contributed by atoms with Crippen molar-refractivity contribution in [1.82, 2.24) is 10.2 Å². The van der Waals surface area contributed by atoms with Gasteiger partial charge in [0, 0.05) is 13.5 Å². The third kappa shape index (κ3) is 3.32. The van der Waals surface area contributed by atoms with Gasteiger partial charge in [0.25, 0.3) is 5.91 Å². The highest BCUT2D eigenvalue weighted by atomic mass is 127. The van der Waals surface area contributed by atoms with E-state index in [0.717, 1.165) is 6.42 Å². The molecule has 6 nitrogen and oxygen atoms in total. The Morgan fingerprint density at radius 2 is 2.19 bits per heavy atom. The van der Waals surface area contributed by atoms with Crippen molar-refractivity contribution in [3.05, 3.63) is 0 Å². The predicted molar refractivity (Wildman–Crippen MR) is 66.6 cm³/mol. The molecule has 1 aliphatic rings. The number of hydrogen-bond donors (Lipinski definition) is 3. The quantitative estimate of drug-likeness (QED) is 0.263. The van der Waals surface area contributed by atoms with E-state index in [4.69, 9.17) is 10.0 Å². The molecule has 0 spiro atoms. The van der Waals surface area contributed by atoms with Crippen LogP contribution in [-0.2, 0) is 9.59 Å². The first kappa shape index (κ1) is 13.7. The number of likely N-dealkylation sites (tertiary alicyclic amines) is 1. The molecule has 3 N–H and O–H groups in total.